The molecule has 21 heavy (non-hydrogen) atoms. The number of methoxy groups -OCH3 is 1. The predicted octanol–water partition coefficient (Wildman–Crippen LogP) is 4.05. The number of carboxylic acids is 1. The summed E-state index contributed by atoms with van der Waals surface area (Å²) in [7, 11) is 1.29. The van der Waals surface area contributed by atoms with Gasteiger partial charge in [-0.25, -0.2) is 0 Å². The fourth-order valence-corrected chi connectivity index (χ4v) is 2.47. The lowest BCUT2D eigenvalue weighted by molar-refractivity contribution is -0.151. The first-order valence-electron chi connectivity index (χ1n) is 7.77. The van der Waals surface area contributed by atoms with Crippen molar-refractivity contribution in [3.63, 3.8) is 0 Å². The zero-order valence-corrected chi connectivity index (χ0v) is 14.0. The van der Waals surface area contributed by atoms with Crippen LogP contribution in [0.3, 0.4) is 0 Å². The van der Waals surface area contributed by atoms with Crippen LogP contribution in [0.15, 0.2) is 11.6 Å². The van der Waals surface area contributed by atoms with Crippen LogP contribution in [-0.2, 0) is 14.3 Å². The van der Waals surface area contributed by atoms with Crippen molar-refractivity contribution in [2.45, 2.75) is 59.8 Å². The first kappa shape index (κ1) is 19.7. The van der Waals surface area contributed by atoms with E-state index in [1.54, 1.807) is 0 Å². The van der Waals surface area contributed by atoms with Crippen LogP contribution in [0.1, 0.15) is 59.8 Å². The van der Waals surface area contributed by atoms with Crippen molar-refractivity contribution in [1.29, 1.82) is 0 Å². The second-order valence-corrected chi connectivity index (χ2v) is 6.02. The van der Waals surface area contributed by atoms with Crippen LogP contribution in [0.4, 0.5) is 0 Å². The van der Waals surface area contributed by atoms with Gasteiger partial charge in [0.15, 0.2) is 0 Å². The van der Waals surface area contributed by atoms with Crippen molar-refractivity contribution in [1.82, 2.24) is 0 Å². The Morgan fingerprint density at radius 3 is 2.38 bits per heavy atom. The minimum absolute atomic E-state index is 0.0344. The van der Waals surface area contributed by atoms with E-state index in [1.807, 2.05) is 6.92 Å². The van der Waals surface area contributed by atoms with Crippen molar-refractivity contribution in [3.05, 3.63) is 11.6 Å². The number of carbonyl (C=O) groups is 2. The van der Waals surface area contributed by atoms with Crippen LogP contribution in [0, 0.1) is 17.8 Å². The maximum absolute atomic E-state index is 11.3. The number of aliphatic carboxylic acids is 1. The summed E-state index contributed by atoms with van der Waals surface area (Å²) in [5, 5.41) is 9.26. The summed E-state index contributed by atoms with van der Waals surface area (Å²) in [5.74, 6) is -1.62. The molecule has 4 nitrogen and oxygen atoms in total. The van der Waals surface area contributed by atoms with Crippen molar-refractivity contribution in [2.75, 3.05) is 7.11 Å². The highest BCUT2D eigenvalue weighted by atomic mass is 16.5. The molecule has 0 aromatic carbocycles. The van der Waals surface area contributed by atoms with Crippen LogP contribution >= 0.6 is 0 Å². The maximum Gasteiger partial charge on any atom is 0.307 e. The summed E-state index contributed by atoms with van der Waals surface area (Å²) in [6.45, 7) is 8.32. The van der Waals surface area contributed by atoms with Crippen molar-refractivity contribution in [2.24, 2.45) is 17.8 Å². The molecule has 0 saturated carbocycles. The number of ether oxygens (including phenoxy) is 1. The molecule has 1 N–H and O–H groups in total. The molecule has 0 radical (unpaired) electrons. The monoisotopic (exact) mass is 298 g/mol. The number of carboxylic acid groups (broad SMARTS) is 1. The molecule has 0 fully saturated rings. The van der Waals surface area contributed by atoms with E-state index in [0.717, 1.165) is 25.7 Å². The van der Waals surface area contributed by atoms with Crippen LogP contribution in [-0.4, -0.2) is 24.2 Å². The molecule has 0 aliphatic rings. The van der Waals surface area contributed by atoms with Gasteiger partial charge in [-0.1, -0.05) is 32.4 Å². The molecule has 4 heteroatoms. The summed E-state index contributed by atoms with van der Waals surface area (Å²) in [4.78, 5) is 22.6. The highest BCUT2D eigenvalue weighted by Crippen LogP contribution is 2.26. The number of esters is 1. The number of carbonyl (C=O) groups excluding carboxylic acids is 1. The summed E-state index contributed by atoms with van der Waals surface area (Å²) in [6, 6.07) is 0. The van der Waals surface area contributed by atoms with Gasteiger partial charge in [0, 0.05) is 0 Å². The van der Waals surface area contributed by atoms with Gasteiger partial charge in [0.1, 0.15) is 0 Å². The van der Waals surface area contributed by atoms with Gasteiger partial charge >= 0.3 is 11.9 Å². The Kier molecular flexibility index (Phi) is 9.76. The largest absolute Gasteiger partial charge is 0.481 e. The van der Waals surface area contributed by atoms with Gasteiger partial charge in [0.2, 0.25) is 0 Å². The normalized spacial score (nSPS) is 16.1. The summed E-state index contributed by atoms with van der Waals surface area (Å²) >= 11 is 0. The molecule has 0 amide bonds. The lowest BCUT2D eigenvalue weighted by Crippen LogP contribution is -2.26. The summed E-state index contributed by atoms with van der Waals surface area (Å²) in [6.07, 6.45) is 6.17. The third kappa shape index (κ3) is 8.53. The molecule has 0 rings (SSSR count). The lowest BCUT2D eigenvalue weighted by atomic mass is 9.83. The van der Waals surface area contributed by atoms with Gasteiger partial charge in [-0.15, -0.1) is 0 Å². The van der Waals surface area contributed by atoms with Crippen LogP contribution < -0.4 is 0 Å². The number of hydrogen-bond donors (Lipinski definition) is 1. The Balaban J connectivity index is 4.37. The molecule has 0 aliphatic carbocycles. The van der Waals surface area contributed by atoms with E-state index in [2.05, 4.69) is 31.6 Å². The number of rotatable bonds is 10. The molecule has 3 atom stereocenters. The SMILES string of the molecule is CCC(C)=CCCC(C)CC(C)C(CC(=O)OC)C(=O)O. The van der Waals surface area contributed by atoms with Crippen LogP contribution in [0.2, 0.25) is 0 Å². The lowest BCUT2D eigenvalue weighted by Gasteiger charge is -2.22. The van der Waals surface area contributed by atoms with Crippen LogP contribution in [0.5, 0.6) is 0 Å². The second kappa shape index (κ2) is 10.4. The Labute approximate surface area is 128 Å². The minimum atomic E-state index is -0.915. The van der Waals surface area contributed by atoms with E-state index < -0.39 is 17.9 Å². The van der Waals surface area contributed by atoms with Crippen LogP contribution in [0.25, 0.3) is 0 Å². The standard InChI is InChI=1S/C17H30O4/c1-6-12(2)8-7-9-13(3)10-14(4)15(17(19)20)11-16(18)21-5/h8,13-15H,6-7,9-11H2,1-5H3,(H,19,20). The third-order valence-corrected chi connectivity index (χ3v) is 4.10. The van der Waals surface area contributed by atoms with E-state index in [9.17, 15) is 14.7 Å². The third-order valence-electron chi connectivity index (χ3n) is 4.10. The average molecular weight is 298 g/mol. The fourth-order valence-electron chi connectivity index (χ4n) is 2.47. The van der Waals surface area contributed by atoms with Gasteiger partial charge in [-0.05, 0) is 44.4 Å². The summed E-state index contributed by atoms with van der Waals surface area (Å²) in [5.41, 5.74) is 1.39. The van der Waals surface area contributed by atoms with E-state index in [4.69, 9.17) is 0 Å². The summed E-state index contributed by atoms with van der Waals surface area (Å²) < 4.78 is 4.58. The molecule has 0 aliphatic heterocycles. The first-order chi connectivity index (χ1) is 9.81. The maximum atomic E-state index is 11.3. The van der Waals surface area contributed by atoms with E-state index in [1.165, 1.54) is 12.7 Å². The molecule has 0 spiro atoms. The molecule has 0 heterocycles. The predicted molar refractivity (Wildman–Crippen MR) is 84.0 cm³/mol. The molecule has 122 valence electrons. The first-order valence-corrected chi connectivity index (χ1v) is 7.77. The molecule has 0 saturated heterocycles. The Bertz CT molecular complexity index is 360. The van der Waals surface area contributed by atoms with Crippen molar-refractivity contribution < 1.29 is 19.4 Å². The molecular formula is C17H30O4. The zero-order valence-electron chi connectivity index (χ0n) is 14.0. The Morgan fingerprint density at radius 2 is 1.90 bits per heavy atom. The fraction of sp³-hybridized carbons (Fsp3) is 0.765. The number of allylic oxidation sites excluding steroid dienone is 2. The number of hydrogen-bond acceptors (Lipinski definition) is 3. The smallest absolute Gasteiger partial charge is 0.307 e. The quantitative estimate of drug-likeness (QED) is 0.488. The zero-order chi connectivity index (χ0) is 16.4. The topological polar surface area (TPSA) is 63.6 Å². The molecule has 0 aromatic rings. The molecule has 0 bridgehead atoms. The second-order valence-electron chi connectivity index (χ2n) is 6.02. The van der Waals surface area contributed by atoms with E-state index in [-0.39, 0.29) is 12.3 Å². The minimum Gasteiger partial charge on any atom is -0.481 e. The van der Waals surface area contributed by atoms with Gasteiger partial charge in [-0.3, -0.25) is 9.59 Å². The van der Waals surface area contributed by atoms with E-state index >= 15 is 0 Å². The average Bonchev–Trinajstić information content (AvgIpc) is 2.43. The van der Waals surface area contributed by atoms with Gasteiger partial charge in [0.25, 0.3) is 0 Å². The molecular weight excluding hydrogens is 268 g/mol. The van der Waals surface area contributed by atoms with Gasteiger partial charge in [0.05, 0.1) is 19.4 Å². The van der Waals surface area contributed by atoms with Crippen molar-refractivity contribution >= 4 is 11.9 Å². The highest BCUT2D eigenvalue weighted by Gasteiger charge is 2.28. The Hall–Kier alpha value is -1.32. The highest BCUT2D eigenvalue weighted by molar-refractivity contribution is 5.78. The molecule has 3 unspecified atom stereocenters. The molecule has 0 aromatic heterocycles. The van der Waals surface area contributed by atoms with E-state index in [0.29, 0.717) is 5.92 Å². The van der Waals surface area contributed by atoms with Gasteiger partial charge in [-0.2, -0.15) is 0 Å². The van der Waals surface area contributed by atoms with Crippen molar-refractivity contribution in [3.8, 4) is 0 Å². The Morgan fingerprint density at radius 1 is 1.29 bits per heavy atom. The van der Waals surface area contributed by atoms with Gasteiger partial charge < -0.3 is 9.84 Å².